The second kappa shape index (κ2) is 10.2. The van der Waals surface area contributed by atoms with Gasteiger partial charge in [-0.05, 0) is 94.3 Å². The Hall–Kier alpha value is -3.91. The molecule has 4 nitrogen and oxygen atoms in total. The van der Waals surface area contributed by atoms with Crippen LogP contribution in [0.3, 0.4) is 0 Å². The summed E-state index contributed by atoms with van der Waals surface area (Å²) >= 11 is 0. The number of benzene rings is 6. The van der Waals surface area contributed by atoms with Crippen molar-refractivity contribution in [3.63, 3.8) is 0 Å². The molecule has 0 bridgehead atoms. The average molecular weight is 582 g/mol. The van der Waals surface area contributed by atoms with Crippen LogP contribution < -0.4 is 0 Å². The highest BCUT2D eigenvalue weighted by molar-refractivity contribution is 7.96. The van der Waals surface area contributed by atoms with E-state index in [0.717, 1.165) is 31.3 Å². The van der Waals surface area contributed by atoms with Crippen molar-refractivity contribution in [1.82, 2.24) is 0 Å². The molecule has 0 amide bonds. The summed E-state index contributed by atoms with van der Waals surface area (Å²) in [5.41, 5.74) is 0. The summed E-state index contributed by atoms with van der Waals surface area (Å²) in [5.74, 6) is 0. The van der Waals surface area contributed by atoms with Gasteiger partial charge in [0.25, 0.3) is 0 Å². The van der Waals surface area contributed by atoms with Crippen LogP contribution in [0, 0.1) is 0 Å². The zero-order valence-electron chi connectivity index (χ0n) is 21.6. The third-order valence-corrected chi connectivity index (χ3v) is 12.5. The molecule has 0 radical (unpaired) electrons. The van der Waals surface area contributed by atoms with Crippen molar-refractivity contribution in [2.45, 2.75) is 29.4 Å². The van der Waals surface area contributed by atoms with Crippen molar-refractivity contribution in [1.29, 1.82) is 0 Å². The van der Waals surface area contributed by atoms with Crippen LogP contribution in [0.15, 0.2) is 163 Å². The van der Waals surface area contributed by atoms with Gasteiger partial charge in [0.2, 0.25) is 19.7 Å². The zero-order chi connectivity index (χ0) is 27.9. The van der Waals surface area contributed by atoms with Crippen LogP contribution in [-0.2, 0) is 30.6 Å². The highest BCUT2D eigenvalue weighted by Gasteiger charge is 2.24. The van der Waals surface area contributed by atoms with Gasteiger partial charge in [-0.15, -0.1) is 0 Å². The van der Waals surface area contributed by atoms with Gasteiger partial charge in [-0.3, -0.25) is 0 Å². The predicted octanol–water partition coefficient (Wildman–Crippen LogP) is 7.32. The Labute approximate surface area is 237 Å². The highest BCUT2D eigenvalue weighted by Crippen LogP contribution is 2.30. The van der Waals surface area contributed by atoms with Gasteiger partial charge in [0.05, 0.1) is 30.5 Å². The van der Waals surface area contributed by atoms with Crippen LogP contribution in [0.4, 0.5) is 0 Å². The Morgan fingerprint density at radius 2 is 0.725 bits per heavy atom. The van der Waals surface area contributed by atoms with E-state index in [9.17, 15) is 16.8 Å². The van der Waals surface area contributed by atoms with Gasteiger partial charge >= 0.3 is 0 Å². The number of hydrogen-bond acceptors (Lipinski definition) is 4. The molecule has 6 rings (SSSR count). The second-order valence-electron chi connectivity index (χ2n) is 9.48. The third kappa shape index (κ3) is 4.81. The van der Waals surface area contributed by atoms with E-state index in [1.165, 1.54) is 0 Å². The van der Waals surface area contributed by atoms with Crippen LogP contribution in [-0.4, -0.2) is 23.1 Å². The lowest BCUT2D eigenvalue weighted by atomic mass is 10.1. The molecule has 0 saturated carbocycles. The van der Waals surface area contributed by atoms with Crippen molar-refractivity contribution >= 4 is 52.1 Å². The molecule has 198 valence electrons. The zero-order valence-corrected chi connectivity index (χ0v) is 24.0. The summed E-state index contributed by atoms with van der Waals surface area (Å²) in [6, 6.07) is 39.6. The summed E-state index contributed by atoms with van der Waals surface area (Å²) in [7, 11) is -7.71. The van der Waals surface area contributed by atoms with Gasteiger partial charge in [0, 0.05) is 0 Å². The van der Waals surface area contributed by atoms with Crippen LogP contribution in [0.25, 0.3) is 21.5 Å². The minimum absolute atomic E-state index is 0.236. The van der Waals surface area contributed by atoms with Gasteiger partial charge in [-0.2, -0.15) is 0 Å². The van der Waals surface area contributed by atoms with Gasteiger partial charge in [0.15, 0.2) is 9.79 Å². The second-order valence-corrected chi connectivity index (χ2v) is 15.3. The molecule has 0 spiro atoms. The van der Waals surface area contributed by atoms with Gasteiger partial charge in [0.1, 0.15) is 6.26 Å². The van der Waals surface area contributed by atoms with Crippen LogP contribution in [0.5, 0.6) is 0 Å². The van der Waals surface area contributed by atoms with Crippen molar-refractivity contribution < 1.29 is 16.8 Å². The Kier molecular flexibility index (Phi) is 6.74. The lowest BCUT2D eigenvalue weighted by molar-refractivity contribution is 0.594. The van der Waals surface area contributed by atoms with E-state index in [-0.39, 0.29) is 30.5 Å². The normalized spacial score (nSPS) is 12.2. The van der Waals surface area contributed by atoms with E-state index in [2.05, 4.69) is 0 Å². The number of sulfone groups is 2. The van der Waals surface area contributed by atoms with Gasteiger partial charge in [-0.1, -0.05) is 60.7 Å². The SMILES string of the molecule is C[S+](c1ccc(S(=O)(=O)c2ccc3ccccc3c2)cc1)c1ccc(S(=O)(=O)c2ccc3ccccc3c2)cc1. The molecule has 0 N–H and O–H groups in total. The maximum atomic E-state index is 13.3. The molecule has 0 atom stereocenters. The standard InChI is InChI=1S/C33H25O4S3/c1-38(28-12-18-30(19-13-28)39(34,35)32-16-10-24-6-2-4-8-26(24)22-32)29-14-20-31(21-15-29)40(36,37)33-17-11-25-7-3-5-9-27(25)23-33/h2-23H,1H3/q+1. The van der Waals surface area contributed by atoms with Crippen LogP contribution in [0.1, 0.15) is 0 Å². The molecule has 0 aliphatic carbocycles. The summed E-state index contributed by atoms with van der Waals surface area (Å²) < 4.78 is 53.2. The molecule has 0 heterocycles. The van der Waals surface area contributed by atoms with Crippen molar-refractivity contribution in [3.05, 3.63) is 133 Å². The average Bonchev–Trinajstić information content (AvgIpc) is 3.00. The summed E-state index contributed by atoms with van der Waals surface area (Å²) in [6.45, 7) is 0. The van der Waals surface area contributed by atoms with E-state index in [4.69, 9.17) is 0 Å². The Morgan fingerprint density at radius 1 is 0.400 bits per heavy atom. The number of rotatable bonds is 6. The molecule has 0 aliphatic heterocycles. The molecular weight excluding hydrogens is 557 g/mol. The summed E-state index contributed by atoms with van der Waals surface area (Å²) in [5, 5.41) is 3.73. The Morgan fingerprint density at radius 3 is 1.10 bits per heavy atom. The van der Waals surface area contributed by atoms with Crippen LogP contribution >= 0.6 is 0 Å². The van der Waals surface area contributed by atoms with Gasteiger partial charge in [-0.25, -0.2) is 16.8 Å². The fourth-order valence-electron chi connectivity index (χ4n) is 4.72. The molecule has 40 heavy (non-hydrogen) atoms. The molecule has 0 saturated heterocycles. The topological polar surface area (TPSA) is 68.3 Å². The van der Waals surface area contributed by atoms with Crippen molar-refractivity contribution in [3.8, 4) is 0 Å². The molecule has 0 unspecified atom stereocenters. The highest BCUT2D eigenvalue weighted by atomic mass is 32.2. The monoisotopic (exact) mass is 581 g/mol. The molecule has 0 fully saturated rings. The summed E-state index contributed by atoms with van der Waals surface area (Å²) in [6.07, 6.45) is 2.04. The summed E-state index contributed by atoms with van der Waals surface area (Å²) in [4.78, 5) is 2.92. The first kappa shape index (κ1) is 26.3. The molecule has 0 aromatic heterocycles. The smallest absolute Gasteiger partial charge is 0.206 e. The van der Waals surface area contributed by atoms with Crippen LogP contribution in [0.2, 0.25) is 0 Å². The quantitative estimate of drug-likeness (QED) is 0.193. The van der Waals surface area contributed by atoms with E-state index < -0.39 is 19.7 Å². The van der Waals surface area contributed by atoms with E-state index >= 15 is 0 Å². The van der Waals surface area contributed by atoms with Gasteiger partial charge < -0.3 is 0 Å². The molecule has 6 aromatic carbocycles. The van der Waals surface area contributed by atoms with E-state index in [1.807, 2.05) is 91.2 Å². The predicted molar refractivity (Wildman–Crippen MR) is 162 cm³/mol. The first-order valence-corrected chi connectivity index (χ1v) is 17.2. The lowest BCUT2D eigenvalue weighted by Gasteiger charge is -2.09. The number of fused-ring (bicyclic) bond motifs is 2. The largest absolute Gasteiger partial charge is 0.219 e. The van der Waals surface area contributed by atoms with Crippen molar-refractivity contribution in [2.75, 3.05) is 6.26 Å². The fraction of sp³-hybridized carbons (Fsp3) is 0.0303. The Bertz CT molecular complexity index is 1930. The molecule has 0 aliphatic rings. The Balaban J connectivity index is 1.23. The van der Waals surface area contributed by atoms with E-state index in [0.29, 0.717) is 0 Å². The fourth-order valence-corrected chi connectivity index (χ4v) is 8.68. The first-order chi connectivity index (χ1) is 19.2. The maximum absolute atomic E-state index is 13.3. The third-order valence-electron chi connectivity index (χ3n) is 7.04. The molecular formula is C33H25O4S3+. The maximum Gasteiger partial charge on any atom is 0.206 e. The first-order valence-electron chi connectivity index (χ1n) is 12.6. The lowest BCUT2D eigenvalue weighted by Crippen LogP contribution is -2.05. The van der Waals surface area contributed by atoms with Crippen molar-refractivity contribution in [2.24, 2.45) is 0 Å². The number of hydrogen-bond donors (Lipinski definition) is 0. The molecule has 6 aromatic rings. The minimum Gasteiger partial charge on any atom is -0.219 e. The molecule has 7 heteroatoms. The van der Waals surface area contributed by atoms with E-state index in [1.54, 1.807) is 48.5 Å². The minimum atomic E-state index is -3.66.